The molecule has 0 bridgehead atoms. The summed E-state index contributed by atoms with van der Waals surface area (Å²) in [6.45, 7) is 6.71. The summed E-state index contributed by atoms with van der Waals surface area (Å²) in [5.41, 5.74) is 4.56. The molecule has 0 saturated carbocycles. The highest BCUT2D eigenvalue weighted by atomic mass is 32.2. The van der Waals surface area contributed by atoms with Gasteiger partial charge in [-0.2, -0.15) is 4.72 Å². The molecule has 3 N–H and O–H groups in total. The third kappa shape index (κ3) is 10.4. The number of carbonyl (C=O) groups excluding carboxylic acids is 2. The quantitative estimate of drug-likeness (QED) is 0.154. The highest BCUT2D eigenvalue weighted by molar-refractivity contribution is 7.89. The van der Waals surface area contributed by atoms with E-state index in [2.05, 4.69) is 15.0 Å². The molecule has 280 valence electrons. The first-order valence-electron chi connectivity index (χ1n) is 17.2. The summed E-state index contributed by atoms with van der Waals surface area (Å²) in [5, 5.41) is 12.3. The van der Waals surface area contributed by atoms with E-state index in [9.17, 15) is 27.9 Å². The first kappa shape index (κ1) is 38.9. The normalized spacial score (nSPS) is 16.2. The number of aliphatic carboxylic acids is 1. The van der Waals surface area contributed by atoms with E-state index >= 15 is 0 Å². The Morgan fingerprint density at radius 3 is 2.25 bits per heavy atom. The number of carboxylic acid groups (broad SMARTS) is 1. The van der Waals surface area contributed by atoms with Crippen LogP contribution in [0.2, 0.25) is 0 Å². The Kier molecular flexibility index (Phi) is 12.8. The lowest BCUT2D eigenvalue weighted by atomic mass is 10.1. The molecule has 14 heteroatoms. The maximum atomic E-state index is 13.6. The summed E-state index contributed by atoms with van der Waals surface area (Å²) < 4.78 is 40.3. The minimum Gasteiger partial charge on any atom is -0.480 e. The summed E-state index contributed by atoms with van der Waals surface area (Å²) in [4.78, 5) is 46.7. The number of likely N-dealkylation sites (tertiary alicyclic amines) is 1. The molecular formula is C39H45N5O8S. The number of pyridine rings is 1. The van der Waals surface area contributed by atoms with E-state index in [-0.39, 0.29) is 18.0 Å². The lowest BCUT2D eigenvalue weighted by Crippen LogP contribution is -2.49. The minimum atomic E-state index is -4.22. The van der Waals surface area contributed by atoms with Crippen molar-refractivity contribution in [1.82, 2.24) is 19.9 Å². The topological polar surface area (TPSA) is 167 Å². The van der Waals surface area contributed by atoms with Crippen LogP contribution in [0.1, 0.15) is 34.2 Å². The zero-order valence-electron chi connectivity index (χ0n) is 30.2. The van der Waals surface area contributed by atoms with Crippen molar-refractivity contribution >= 4 is 39.5 Å². The Morgan fingerprint density at radius 2 is 1.60 bits per heavy atom. The number of ether oxygens (including phenoxy) is 2. The van der Waals surface area contributed by atoms with E-state index in [0.29, 0.717) is 29.9 Å². The summed E-state index contributed by atoms with van der Waals surface area (Å²) in [6.07, 6.45) is 1.01. The van der Waals surface area contributed by atoms with Crippen molar-refractivity contribution in [3.05, 3.63) is 119 Å². The number of para-hydroxylation sites is 1. The van der Waals surface area contributed by atoms with Crippen molar-refractivity contribution in [3.63, 3.8) is 0 Å². The Hall–Kier alpha value is -5.31. The van der Waals surface area contributed by atoms with E-state index in [1.165, 1.54) is 0 Å². The predicted molar refractivity (Wildman–Crippen MR) is 199 cm³/mol. The van der Waals surface area contributed by atoms with E-state index < -0.39 is 59.3 Å². The van der Waals surface area contributed by atoms with E-state index in [4.69, 9.17) is 9.47 Å². The van der Waals surface area contributed by atoms with Crippen LogP contribution in [0.15, 0.2) is 96.0 Å². The molecule has 4 aromatic rings. The number of aromatic nitrogens is 1. The van der Waals surface area contributed by atoms with Gasteiger partial charge in [-0.1, -0.05) is 66.2 Å². The van der Waals surface area contributed by atoms with E-state index in [1.54, 1.807) is 37.1 Å². The molecule has 3 atom stereocenters. The van der Waals surface area contributed by atoms with Crippen LogP contribution in [0.3, 0.4) is 0 Å². The van der Waals surface area contributed by atoms with Crippen molar-refractivity contribution in [1.29, 1.82) is 0 Å². The first-order chi connectivity index (χ1) is 25.3. The van der Waals surface area contributed by atoms with E-state index in [1.807, 2.05) is 91.5 Å². The summed E-state index contributed by atoms with van der Waals surface area (Å²) in [6, 6.07) is 24.3. The number of nitrogens with one attached hydrogen (secondary N) is 2. The van der Waals surface area contributed by atoms with Gasteiger partial charge in [-0.25, -0.2) is 18.2 Å². The molecule has 53 heavy (non-hydrogen) atoms. The van der Waals surface area contributed by atoms with Crippen LogP contribution < -0.4 is 14.9 Å². The number of anilines is 2. The number of sulfonamides is 1. The molecule has 2 amide bonds. The monoisotopic (exact) mass is 743 g/mol. The molecule has 2 heterocycles. The second-order valence-electron chi connectivity index (χ2n) is 13.2. The number of benzene rings is 3. The number of hydrogen-bond donors (Lipinski definition) is 3. The fourth-order valence-electron chi connectivity index (χ4n) is 6.49. The Bertz CT molecular complexity index is 1990. The first-order valence-corrected chi connectivity index (χ1v) is 18.7. The molecule has 5 rings (SSSR count). The van der Waals surface area contributed by atoms with Crippen LogP contribution in [-0.4, -0.2) is 85.8 Å². The molecule has 0 spiro atoms. The van der Waals surface area contributed by atoms with Crippen molar-refractivity contribution in [2.75, 3.05) is 31.1 Å². The Balaban J connectivity index is 1.25. The molecule has 3 aromatic carbocycles. The van der Waals surface area contributed by atoms with Gasteiger partial charge in [0.2, 0.25) is 15.9 Å². The zero-order valence-corrected chi connectivity index (χ0v) is 31.0. The third-order valence-corrected chi connectivity index (χ3v) is 10.7. The Labute approximate surface area is 310 Å². The Morgan fingerprint density at radius 1 is 0.943 bits per heavy atom. The SMILES string of the molecule is Cc1ccnc(N(CC2CC(OCC(=O)NCC(NS(=O)(=O)c3c(C)cc(C)cc3C)C(=O)O)CN2C(=O)OCc2ccccc2)c2ccccc2)c1. The van der Waals surface area contributed by atoms with Gasteiger partial charge in [0, 0.05) is 25.0 Å². The van der Waals surface area contributed by atoms with Crippen molar-refractivity contribution in [2.45, 2.75) is 63.8 Å². The lowest BCUT2D eigenvalue weighted by Gasteiger charge is -2.31. The number of carboxylic acids is 1. The van der Waals surface area contributed by atoms with Crippen LogP contribution in [0.5, 0.6) is 0 Å². The number of rotatable bonds is 15. The summed E-state index contributed by atoms with van der Waals surface area (Å²) in [5.74, 6) is -1.39. The molecule has 1 aromatic heterocycles. The molecule has 1 aliphatic rings. The van der Waals surface area contributed by atoms with Gasteiger partial charge in [-0.05, 0) is 80.6 Å². The number of amides is 2. The molecule has 0 radical (unpaired) electrons. The van der Waals surface area contributed by atoms with Gasteiger partial charge in [0.25, 0.3) is 0 Å². The average Bonchev–Trinajstić information content (AvgIpc) is 3.53. The van der Waals surface area contributed by atoms with Gasteiger partial charge in [-0.15, -0.1) is 0 Å². The number of carbonyl (C=O) groups is 3. The highest BCUT2D eigenvalue weighted by Gasteiger charge is 2.39. The zero-order chi connectivity index (χ0) is 38.1. The van der Waals surface area contributed by atoms with Crippen molar-refractivity contribution in [3.8, 4) is 0 Å². The molecule has 1 fully saturated rings. The van der Waals surface area contributed by atoms with Crippen molar-refractivity contribution in [2.24, 2.45) is 0 Å². The second kappa shape index (κ2) is 17.5. The van der Waals surface area contributed by atoms with Crippen molar-refractivity contribution < 1.29 is 37.4 Å². The lowest BCUT2D eigenvalue weighted by molar-refractivity contribution is -0.139. The standard InChI is InChI=1S/C39H45N5O8S/c1-26-15-16-40-35(19-26)43(31-13-9-6-10-14-31)22-32-20-33(23-44(32)39(48)52-24-30-11-7-5-8-12-30)51-25-36(45)41-21-34(38(46)47)42-53(49,50)37-28(3)17-27(2)18-29(37)4/h5-19,32-34,42H,20-25H2,1-4H3,(H,41,45)(H,46,47). The van der Waals surface area contributed by atoms with Gasteiger partial charge in [0.05, 0.1) is 23.6 Å². The van der Waals surface area contributed by atoms with Gasteiger partial charge >= 0.3 is 12.1 Å². The molecular weight excluding hydrogens is 699 g/mol. The van der Waals surface area contributed by atoms with Crippen LogP contribution >= 0.6 is 0 Å². The molecule has 1 aliphatic heterocycles. The van der Waals surface area contributed by atoms with Gasteiger partial charge in [0.15, 0.2) is 0 Å². The summed E-state index contributed by atoms with van der Waals surface area (Å²) >= 11 is 0. The van der Waals surface area contributed by atoms with Gasteiger partial charge < -0.3 is 29.7 Å². The maximum Gasteiger partial charge on any atom is 0.410 e. The fraction of sp³-hybridized carbons (Fsp3) is 0.333. The van der Waals surface area contributed by atoms with Crippen LogP contribution in [0.25, 0.3) is 0 Å². The van der Waals surface area contributed by atoms with Gasteiger partial charge in [0.1, 0.15) is 25.1 Å². The minimum absolute atomic E-state index is 0.00402. The molecule has 13 nitrogen and oxygen atoms in total. The average molecular weight is 744 g/mol. The number of hydrogen-bond acceptors (Lipinski definition) is 9. The molecule has 0 aliphatic carbocycles. The molecule has 3 unspecified atom stereocenters. The summed E-state index contributed by atoms with van der Waals surface area (Å²) in [7, 11) is -4.22. The maximum absolute atomic E-state index is 13.6. The fourth-order valence-corrected chi connectivity index (χ4v) is 8.13. The predicted octanol–water partition coefficient (Wildman–Crippen LogP) is 4.80. The number of nitrogens with zero attached hydrogens (tertiary/aromatic N) is 3. The number of aryl methyl sites for hydroxylation is 4. The van der Waals surface area contributed by atoms with Crippen LogP contribution in [0, 0.1) is 27.7 Å². The van der Waals surface area contributed by atoms with Crippen LogP contribution in [-0.2, 0) is 35.7 Å². The van der Waals surface area contributed by atoms with Gasteiger partial charge in [-0.3, -0.25) is 9.59 Å². The highest BCUT2D eigenvalue weighted by Crippen LogP contribution is 2.30. The molecule has 1 saturated heterocycles. The van der Waals surface area contributed by atoms with E-state index in [0.717, 1.165) is 22.4 Å². The van der Waals surface area contributed by atoms with Crippen LogP contribution in [0.4, 0.5) is 16.3 Å². The largest absolute Gasteiger partial charge is 0.480 e. The second-order valence-corrected chi connectivity index (χ2v) is 14.8. The smallest absolute Gasteiger partial charge is 0.410 e. The third-order valence-electron chi connectivity index (χ3n) is 8.88.